The number of nitrogens with zero attached hydrogens (tertiary/aromatic N) is 3. The Bertz CT molecular complexity index is 1290. The molecule has 4 aromatic rings. The van der Waals surface area contributed by atoms with Crippen LogP contribution in [0.5, 0.6) is 5.75 Å². The number of amides is 1. The van der Waals surface area contributed by atoms with Crippen LogP contribution in [-0.2, 0) is 11.3 Å². The molecular formula is C24H22N4O3. The lowest BCUT2D eigenvalue weighted by Crippen LogP contribution is -2.39. The predicted molar refractivity (Wildman–Crippen MR) is 119 cm³/mol. The highest BCUT2D eigenvalue weighted by Gasteiger charge is 2.27. The van der Waals surface area contributed by atoms with Gasteiger partial charge < -0.3 is 19.5 Å². The maximum absolute atomic E-state index is 12.9. The zero-order valence-corrected chi connectivity index (χ0v) is 17.6. The number of pyridine rings is 1. The van der Waals surface area contributed by atoms with Gasteiger partial charge in [-0.05, 0) is 31.5 Å². The van der Waals surface area contributed by atoms with Gasteiger partial charge in [-0.1, -0.05) is 35.5 Å². The fourth-order valence-electron chi connectivity index (χ4n) is 4.21. The molecule has 0 atom stereocenters. The van der Waals surface area contributed by atoms with Crippen LogP contribution < -0.4 is 15.0 Å². The Labute approximate surface area is 179 Å². The lowest BCUT2D eigenvalue weighted by atomic mass is 10.0. The third kappa shape index (κ3) is 3.18. The number of methoxy groups -OCH3 is 1. The third-order valence-electron chi connectivity index (χ3n) is 5.68. The maximum Gasteiger partial charge on any atom is 0.246 e. The fourth-order valence-corrected chi connectivity index (χ4v) is 4.21. The number of aryl methyl sites for hydroxylation is 2. The Morgan fingerprint density at radius 2 is 2.03 bits per heavy atom. The van der Waals surface area contributed by atoms with Gasteiger partial charge in [0.15, 0.2) is 0 Å². The van der Waals surface area contributed by atoms with E-state index in [4.69, 9.17) is 9.26 Å². The fraction of sp³-hybridized carbons (Fsp3) is 0.208. The molecule has 1 amide bonds. The van der Waals surface area contributed by atoms with Crippen molar-refractivity contribution in [2.75, 3.05) is 23.9 Å². The van der Waals surface area contributed by atoms with Crippen molar-refractivity contribution in [2.24, 2.45) is 0 Å². The summed E-state index contributed by atoms with van der Waals surface area (Å²) in [6.45, 7) is 4.47. The molecule has 2 aromatic carbocycles. The zero-order chi connectivity index (χ0) is 21.5. The summed E-state index contributed by atoms with van der Waals surface area (Å²) < 4.78 is 10.8. The first-order valence-corrected chi connectivity index (χ1v) is 10.1. The van der Waals surface area contributed by atoms with Crippen LogP contribution in [0.3, 0.4) is 0 Å². The Balaban J connectivity index is 1.64. The van der Waals surface area contributed by atoms with Crippen LogP contribution in [0, 0.1) is 13.8 Å². The van der Waals surface area contributed by atoms with Gasteiger partial charge in [0.2, 0.25) is 5.91 Å². The van der Waals surface area contributed by atoms with E-state index >= 15 is 0 Å². The molecule has 0 fully saturated rings. The van der Waals surface area contributed by atoms with Crippen LogP contribution in [-0.4, -0.2) is 29.7 Å². The topological polar surface area (TPSA) is 80.5 Å². The van der Waals surface area contributed by atoms with Crippen molar-refractivity contribution in [3.63, 3.8) is 0 Å². The minimum atomic E-state index is 0.000654. The summed E-state index contributed by atoms with van der Waals surface area (Å²) in [6.07, 6.45) is 1.79. The number of fused-ring (bicyclic) bond motifs is 3. The largest absolute Gasteiger partial charge is 0.496 e. The molecule has 7 nitrogen and oxygen atoms in total. The highest BCUT2D eigenvalue weighted by Crippen LogP contribution is 2.39. The van der Waals surface area contributed by atoms with Gasteiger partial charge >= 0.3 is 0 Å². The number of carbonyl (C=O) groups excluding carboxylic acids is 1. The molecule has 0 unspecified atom stereocenters. The van der Waals surface area contributed by atoms with Crippen molar-refractivity contribution < 1.29 is 14.1 Å². The SMILES string of the molecule is COc1ccccc1CN1C(=O)CNc2cnc3cc(-c4c(C)noc4C)ccc3c21. The second-order valence-electron chi connectivity index (χ2n) is 7.60. The molecule has 31 heavy (non-hydrogen) atoms. The summed E-state index contributed by atoms with van der Waals surface area (Å²) >= 11 is 0. The Morgan fingerprint density at radius 3 is 2.81 bits per heavy atom. The van der Waals surface area contributed by atoms with E-state index in [0.29, 0.717) is 6.54 Å². The molecule has 2 aromatic heterocycles. The van der Waals surface area contributed by atoms with Crippen LogP contribution in [0.2, 0.25) is 0 Å². The zero-order valence-electron chi connectivity index (χ0n) is 17.6. The molecule has 0 saturated carbocycles. The number of carbonyl (C=O) groups is 1. The minimum absolute atomic E-state index is 0.000654. The van der Waals surface area contributed by atoms with Crippen LogP contribution in [0.25, 0.3) is 22.0 Å². The molecule has 0 aliphatic carbocycles. The van der Waals surface area contributed by atoms with E-state index < -0.39 is 0 Å². The molecule has 0 radical (unpaired) electrons. The minimum Gasteiger partial charge on any atom is -0.496 e. The summed E-state index contributed by atoms with van der Waals surface area (Å²) in [6, 6.07) is 13.8. The molecule has 3 heterocycles. The number of nitrogens with one attached hydrogen (secondary N) is 1. The first-order valence-electron chi connectivity index (χ1n) is 10.1. The molecule has 0 saturated heterocycles. The standard InChI is InChI=1S/C24H22N4O3/c1-14-23(15(2)31-27-14)16-8-9-18-19(10-16)25-11-20-24(18)28(22(29)12-26-20)13-17-6-4-5-7-21(17)30-3/h4-11,26H,12-13H2,1-3H3. The summed E-state index contributed by atoms with van der Waals surface area (Å²) in [4.78, 5) is 19.4. The van der Waals surface area contributed by atoms with E-state index in [2.05, 4.69) is 15.5 Å². The third-order valence-corrected chi connectivity index (χ3v) is 5.68. The van der Waals surface area contributed by atoms with Crippen LogP contribution in [0.1, 0.15) is 17.0 Å². The van der Waals surface area contributed by atoms with Gasteiger partial charge in [0.25, 0.3) is 0 Å². The lowest BCUT2D eigenvalue weighted by Gasteiger charge is -2.31. The number of rotatable bonds is 4. The summed E-state index contributed by atoms with van der Waals surface area (Å²) in [5.41, 5.74) is 6.22. The van der Waals surface area contributed by atoms with Crippen molar-refractivity contribution in [3.8, 4) is 16.9 Å². The van der Waals surface area contributed by atoms with Crippen molar-refractivity contribution >= 4 is 28.2 Å². The van der Waals surface area contributed by atoms with Crippen LogP contribution in [0.15, 0.2) is 53.2 Å². The van der Waals surface area contributed by atoms with Crippen molar-refractivity contribution in [2.45, 2.75) is 20.4 Å². The van der Waals surface area contributed by atoms with Crippen molar-refractivity contribution in [1.82, 2.24) is 10.1 Å². The van der Waals surface area contributed by atoms with Gasteiger partial charge in [0.05, 0.1) is 49.0 Å². The Hall–Kier alpha value is -3.87. The van der Waals surface area contributed by atoms with Crippen molar-refractivity contribution in [3.05, 3.63) is 65.7 Å². The van der Waals surface area contributed by atoms with Crippen LogP contribution >= 0.6 is 0 Å². The second-order valence-corrected chi connectivity index (χ2v) is 7.60. The molecule has 1 aliphatic rings. The normalized spacial score (nSPS) is 13.3. The van der Waals surface area contributed by atoms with Crippen molar-refractivity contribution in [1.29, 1.82) is 0 Å². The van der Waals surface area contributed by atoms with Gasteiger partial charge in [-0.2, -0.15) is 0 Å². The van der Waals surface area contributed by atoms with E-state index in [1.54, 1.807) is 13.3 Å². The number of benzene rings is 2. The van der Waals surface area contributed by atoms with E-state index in [-0.39, 0.29) is 12.5 Å². The summed E-state index contributed by atoms with van der Waals surface area (Å²) in [5.74, 6) is 1.53. The Morgan fingerprint density at radius 1 is 1.19 bits per heavy atom. The number of hydrogen-bond acceptors (Lipinski definition) is 6. The quantitative estimate of drug-likeness (QED) is 0.531. The van der Waals surface area contributed by atoms with Gasteiger partial charge in [0.1, 0.15) is 11.5 Å². The molecular weight excluding hydrogens is 392 g/mol. The van der Waals surface area contributed by atoms with Gasteiger partial charge in [-0.3, -0.25) is 9.78 Å². The molecule has 0 spiro atoms. The van der Waals surface area contributed by atoms with E-state index in [0.717, 1.165) is 56.2 Å². The molecule has 5 rings (SSSR count). The molecule has 7 heteroatoms. The number of ether oxygens (including phenoxy) is 1. The smallest absolute Gasteiger partial charge is 0.246 e. The Kier molecular flexibility index (Phi) is 4.58. The predicted octanol–water partition coefficient (Wildman–Crippen LogP) is 4.47. The molecule has 0 bridgehead atoms. The summed E-state index contributed by atoms with van der Waals surface area (Å²) in [5, 5.41) is 8.16. The maximum atomic E-state index is 12.9. The molecule has 1 aliphatic heterocycles. The lowest BCUT2D eigenvalue weighted by molar-refractivity contribution is -0.117. The van der Waals surface area contributed by atoms with E-state index in [1.165, 1.54) is 0 Å². The number of para-hydroxylation sites is 1. The molecule has 156 valence electrons. The van der Waals surface area contributed by atoms with Gasteiger partial charge in [-0.25, -0.2) is 0 Å². The molecule has 1 N–H and O–H groups in total. The highest BCUT2D eigenvalue weighted by atomic mass is 16.5. The monoisotopic (exact) mass is 414 g/mol. The average Bonchev–Trinajstić information content (AvgIpc) is 3.13. The van der Waals surface area contributed by atoms with Crippen LogP contribution in [0.4, 0.5) is 11.4 Å². The number of hydrogen-bond donors (Lipinski definition) is 1. The second kappa shape index (κ2) is 7.43. The van der Waals surface area contributed by atoms with E-state index in [9.17, 15) is 4.79 Å². The van der Waals surface area contributed by atoms with E-state index in [1.807, 2.05) is 61.2 Å². The number of anilines is 2. The average molecular weight is 414 g/mol. The first kappa shape index (κ1) is 19.1. The van der Waals surface area contributed by atoms with Gasteiger partial charge in [0, 0.05) is 16.5 Å². The summed E-state index contributed by atoms with van der Waals surface area (Å²) in [7, 11) is 1.64. The van der Waals surface area contributed by atoms with Gasteiger partial charge in [-0.15, -0.1) is 0 Å². The highest BCUT2D eigenvalue weighted by molar-refractivity contribution is 6.11. The number of aromatic nitrogens is 2. The first-order chi connectivity index (χ1) is 15.1.